The summed E-state index contributed by atoms with van der Waals surface area (Å²) in [4.78, 5) is 5.87. The molecule has 0 aliphatic rings. The molecule has 2 nitrogen and oxygen atoms in total. The van der Waals surface area contributed by atoms with Crippen molar-refractivity contribution in [3.63, 3.8) is 0 Å². The maximum Gasteiger partial charge on any atom is 0.0900 e. The first-order chi connectivity index (χ1) is 7.13. The predicted molar refractivity (Wildman–Crippen MR) is 67.7 cm³/mol. The van der Waals surface area contributed by atoms with Gasteiger partial charge >= 0.3 is 0 Å². The summed E-state index contributed by atoms with van der Waals surface area (Å²) < 4.78 is 0. The van der Waals surface area contributed by atoms with Gasteiger partial charge in [-0.2, -0.15) is 0 Å². The minimum absolute atomic E-state index is 0.643. The van der Waals surface area contributed by atoms with Gasteiger partial charge in [0.15, 0.2) is 0 Å². The van der Waals surface area contributed by atoms with Crippen molar-refractivity contribution in [2.75, 3.05) is 6.54 Å². The molecule has 1 rings (SSSR count). The van der Waals surface area contributed by atoms with Gasteiger partial charge in [-0.3, -0.25) is 0 Å². The molecule has 0 saturated carbocycles. The fourth-order valence-electron chi connectivity index (χ4n) is 1.77. The molecule has 0 aromatic carbocycles. The molecule has 0 aliphatic carbocycles. The predicted octanol–water partition coefficient (Wildman–Crippen LogP) is 3.08. The van der Waals surface area contributed by atoms with Crippen molar-refractivity contribution in [2.24, 2.45) is 0 Å². The normalized spacial score (nSPS) is 13.1. The van der Waals surface area contributed by atoms with Gasteiger partial charge in [0.05, 0.1) is 10.7 Å². The number of hydrogen-bond donors (Lipinski definition) is 1. The van der Waals surface area contributed by atoms with Gasteiger partial charge in [-0.25, -0.2) is 4.98 Å². The van der Waals surface area contributed by atoms with Crippen LogP contribution < -0.4 is 5.32 Å². The molecular formula is C12H22N2S. The standard InChI is InChI=1S/C12H22N2S/c1-5-6-9(2)13-8-7-12-10(3)14-11(4)15-12/h9,13H,5-8H2,1-4H3. The molecule has 1 unspecified atom stereocenters. The second kappa shape index (κ2) is 6.23. The van der Waals surface area contributed by atoms with Crippen LogP contribution in [0.4, 0.5) is 0 Å². The smallest absolute Gasteiger partial charge is 0.0900 e. The van der Waals surface area contributed by atoms with E-state index in [1.165, 1.54) is 28.4 Å². The maximum atomic E-state index is 4.44. The van der Waals surface area contributed by atoms with Gasteiger partial charge in [-0.05, 0) is 33.6 Å². The van der Waals surface area contributed by atoms with Gasteiger partial charge < -0.3 is 5.32 Å². The third-order valence-corrected chi connectivity index (χ3v) is 3.70. The SMILES string of the molecule is CCCC(C)NCCc1sc(C)nc1C. The molecule has 1 N–H and O–H groups in total. The number of rotatable bonds is 6. The second-order valence-corrected chi connectivity index (χ2v) is 5.42. The first-order valence-corrected chi connectivity index (χ1v) is 6.61. The lowest BCUT2D eigenvalue weighted by Gasteiger charge is -2.11. The third-order valence-electron chi connectivity index (χ3n) is 2.57. The highest BCUT2D eigenvalue weighted by molar-refractivity contribution is 7.11. The highest BCUT2D eigenvalue weighted by Crippen LogP contribution is 2.17. The molecular weight excluding hydrogens is 204 g/mol. The molecule has 0 spiro atoms. The summed E-state index contributed by atoms with van der Waals surface area (Å²) >= 11 is 1.83. The Morgan fingerprint density at radius 1 is 1.40 bits per heavy atom. The average molecular weight is 226 g/mol. The zero-order valence-corrected chi connectivity index (χ0v) is 11.1. The van der Waals surface area contributed by atoms with Crippen LogP contribution in [0.15, 0.2) is 0 Å². The van der Waals surface area contributed by atoms with Crippen molar-refractivity contribution in [2.45, 2.75) is 53.0 Å². The van der Waals surface area contributed by atoms with E-state index in [9.17, 15) is 0 Å². The molecule has 1 heterocycles. The van der Waals surface area contributed by atoms with Gasteiger partial charge in [0.2, 0.25) is 0 Å². The Hall–Kier alpha value is -0.410. The molecule has 3 heteroatoms. The lowest BCUT2D eigenvalue weighted by Crippen LogP contribution is -2.27. The van der Waals surface area contributed by atoms with Gasteiger partial charge in [-0.1, -0.05) is 13.3 Å². The summed E-state index contributed by atoms with van der Waals surface area (Å²) in [6.07, 6.45) is 3.64. The number of nitrogens with zero attached hydrogens (tertiary/aromatic N) is 1. The molecule has 1 aromatic rings. The minimum atomic E-state index is 0.643. The van der Waals surface area contributed by atoms with E-state index >= 15 is 0 Å². The average Bonchev–Trinajstić information content (AvgIpc) is 2.46. The van der Waals surface area contributed by atoms with E-state index in [2.05, 4.69) is 38.0 Å². The number of hydrogen-bond acceptors (Lipinski definition) is 3. The van der Waals surface area contributed by atoms with Crippen LogP contribution in [0.2, 0.25) is 0 Å². The Bertz CT molecular complexity index is 294. The molecule has 0 fully saturated rings. The summed E-state index contributed by atoms with van der Waals surface area (Å²) in [6.45, 7) is 9.75. The second-order valence-electron chi connectivity index (χ2n) is 4.14. The molecule has 1 atom stereocenters. The van der Waals surface area contributed by atoms with Crippen molar-refractivity contribution in [3.05, 3.63) is 15.6 Å². The maximum absolute atomic E-state index is 4.44. The highest BCUT2D eigenvalue weighted by Gasteiger charge is 2.05. The Kier molecular flexibility index (Phi) is 5.26. The molecule has 0 bridgehead atoms. The van der Waals surface area contributed by atoms with Crippen LogP contribution in [0, 0.1) is 13.8 Å². The number of thiazole rings is 1. The van der Waals surface area contributed by atoms with E-state index in [1.54, 1.807) is 0 Å². The summed E-state index contributed by atoms with van der Waals surface area (Å²) in [5.74, 6) is 0. The molecule has 86 valence electrons. The van der Waals surface area contributed by atoms with Crippen molar-refractivity contribution >= 4 is 11.3 Å². The molecule has 0 aliphatic heterocycles. The quantitative estimate of drug-likeness (QED) is 0.806. The van der Waals surface area contributed by atoms with Crippen molar-refractivity contribution in [1.29, 1.82) is 0 Å². The Balaban J connectivity index is 2.28. The minimum Gasteiger partial charge on any atom is -0.314 e. The summed E-state index contributed by atoms with van der Waals surface area (Å²) in [7, 11) is 0. The topological polar surface area (TPSA) is 24.9 Å². The first-order valence-electron chi connectivity index (χ1n) is 5.79. The lowest BCUT2D eigenvalue weighted by molar-refractivity contribution is 0.512. The number of nitrogens with one attached hydrogen (secondary N) is 1. The van der Waals surface area contributed by atoms with E-state index in [0.29, 0.717) is 6.04 Å². The number of aromatic nitrogens is 1. The zero-order valence-electron chi connectivity index (χ0n) is 10.3. The summed E-state index contributed by atoms with van der Waals surface area (Å²) in [6, 6.07) is 0.643. The van der Waals surface area contributed by atoms with Crippen LogP contribution in [-0.2, 0) is 6.42 Å². The van der Waals surface area contributed by atoms with Gasteiger partial charge in [0.1, 0.15) is 0 Å². The molecule has 0 radical (unpaired) electrons. The monoisotopic (exact) mass is 226 g/mol. The zero-order chi connectivity index (χ0) is 11.3. The van der Waals surface area contributed by atoms with Crippen molar-refractivity contribution in [1.82, 2.24) is 10.3 Å². The fraction of sp³-hybridized carbons (Fsp3) is 0.750. The van der Waals surface area contributed by atoms with Gasteiger partial charge in [-0.15, -0.1) is 11.3 Å². The highest BCUT2D eigenvalue weighted by atomic mass is 32.1. The van der Waals surface area contributed by atoms with Crippen molar-refractivity contribution < 1.29 is 0 Å². The Labute approximate surface area is 97.1 Å². The molecule has 1 aromatic heterocycles. The van der Waals surface area contributed by atoms with Crippen LogP contribution in [0.25, 0.3) is 0 Å². The van der Waals surface area contributed by atoms with E-state index in [1.807, 2.05) is 11.3 Å². The van der Waals surface area contributed by atoms with E-state index in [4.69, 9.17) is 0 Å². The fourth-order valence-corrected chi connectivity index (χ4v) is 2.71. The van der Waals surface area contributed by atoms with Gasteiger partial charge in [0, 0.05) is 17.5 Å². The summed E-state index contributed by atoms with van der Waals surface area (Å²) in [5, 5.41) is 4.73. The largest absolute Gasteiger partial charge is 0.314 e. The summed E-state index contributed by atoms with van der Waals surface area (Å²) in [5.41, 5.74) is 1.21. The first kappa shape index (κ1) is 12.7. The van der Waals surface area contributed by atoms with Crippen molar-refractivity contribution in [3.8, 4) is 0 Å². The Morgan fingerprint density at radius 2 is 2.13 bits per heavy atom. The van der Waals surface area contributed by atoms with E-state index < -0.39 is 0 Å². The van der Waals surface area contributed by atoms with Crippen LogP contribution in [0.1, 0.15) is 42.3 Å². The van der Waals surface area contributed by atoms with Crippen LogP contribution >= 0.6 is 11.3 Å². The number of aryl methyl sites for hydroxylation is 2. The van der Waals surface area contributed by atoms with Crippen LogP contribution in [0.3, 0.4) is 0 Å². The van der Waals surface area contributed by atoms with E-state index in [0.717, 1.165) is 13.0 Å². The Morgan fingerprint density at radius 3 is 2.67 bits per heavy atom. The van der Waals surface area contributed by atoms with Crippen LogP contribution in [-0.4, -0.2) is 17.6 Å². The molecule has 0 saturated heterocycles. The third kappa shape index (κ3) is 4.31. The lowest BCUT2D eigenvalue weighted by atomic mass is 10.2. The molecule has 15 heavy (non-hydrogen) atoms. The molecule has 0 amide bonds. The van der Waals surface area contributed by atoms with Gasteiger partial charge in [0.25, 0.3) is 0 Å². The van der Waals surface area contributed by atoms with Crippen LogP contribution in [0.5, 0.6) is 0 Å². The van der Waals surface area contributed by atoms with E-state index in [-0.39, 0.29) is 0 Å².